The zero-order valence-electron chi connectivity index (χ0n) is 9.54. The SMILES string of the molecule is COC(=O)c1cc(O)c2c(CO)ccc(O)c2n1. The highest BCUT2D eigenvalue weighted by Gasteiger charge is 2.16. The number of ether oxygens (including phenoxy) is 1. The van der Waals surface area contributed by atoms with Crippen molar-refractivity contribution in [2.45, 2.75) is 6.61 Å². The number of pyridine rings is 1. The zero-order chi connectivity index (χ0) is 13.3. The van der Waals surface area contributed by atoms with Crippen molar-refractivity contribution < 1.29 is 24.9 Å². The molecule has 0 aliphatic rings. The molecule has 0 saturated carbocycles. The number of fused-ring (bicyclic) bond motifs is 1. The van der Waals surface area contributed by atoms with Gasteiger partial charge in [-0.3, -0.25) is 0 Å². The maximum atomic E-state index is 11.3. The van der Waals surface area contributed by atoms with Gasteiger partial charge in [-0.2, -0.15) is 0 Å². The lowest BCUT2D eigenvalue weighted by atomic mass is 10.1. The lowest BCUT2D eigenvalue weighted by Crippen LogP contribution is -2.04. The predicted octanol–water partition coefficient (Wildman–Crippen LogP) is 0.925. The molecule has 2 rings (SSSR count). The molecule has 0 amide bonds. The van der Waals surface area contributed by atoms with E-state index in [1.807, 2.05) is 0 Å². The Balaban J connectivity index is 2.80. The van der Waals surface area contributed by atoms with Crippen LogP contribution in [-0.2, 0) is 11.3 Å². The summed E-state index contributed by atoms with van der Waals surface area (Å²) in [6.45, 7) is -0.316. The number of aliphatic hydroxyl groups is 1. The molecule has 1 aromatic carbocycles. The van der Waals surface area contributed by atoms with Gasteiger partial charge in [0.1, 0.15) is 17.0 Å². The number of carbonyl (C=O) groups excluding carboxylic acids is 1. The molecule has 0 bridgehead atoms. The van der Waals surface area contributed by atoms with Gasteiger partial charge in [0.25, 0.3) is 0 Å². The van der Waals surface area contributed by atoms with Crippen LogP contribution in [0.5, 0.6) is 11.5 Å². The third kappa shape index (κ3) is 1.82. The third-order valence-corrected chi connectivity index (χ3v) is 2.57. The van der Waals surface area contributed by atoms with Gasteiger partial charge in [-0.25, -0.2) is 9.78 Å². The van der Waals surface area contributed by atoms with E-state index in [9.17, 15) is 15.0 Å². The smallest absolute Gasteiger partial charge is 0.356 e. The molecule has 0 saturated heterocycles. The average molecular weight is 249 g/mol. The van der Waals surface area contributed by atoms with Crippen molar-refractivity contribution in [3.63, 3.8) is 0 Å². The minimum Gasteiger partial charge on any atom is -0.507 e. The van der Waals surface area contributed by atoms with E-state index < -0.39 is 5.97 Å². The van der Waals surface area contributed by atoms with Crippen LogP contribution in [0.1, 0.15) is 16.1 Å². The Bertz CT molecular complexity index is 623. The van der Waals surface area contributed by atoms with Crippen molar-refractivity contribution in [2.75, 3.05) is 7.11 Å². The summed E-state index contributed by atoms with van der Waals surface area (Å²) in [5.74, 6) is -1.16. The van der Waals surface area contributed by atoms with Gasteiger partial charge in [-0.05, 0) is 11.6 Å². The van der Waals surface area contributed by atoms with Crippen LogP contribution in [0.25, 0.3) is 10.9 Å². The molecule has 0 aliphatic heterocycles. The molecule has 94 valence electrons. The highest BCUT2D eigenvalue weighted by atomic mass is 16.5. The molecular weight excluding hydrogens is 238 g/mol. The molecule has 6 heteroatoms. The van der Waals surface area contributed by atoms with Crippen molar-refractivity contribution in [3.05, 3.63) is 29.5 Å². The van der Waals surface area contributed by atoms with Crippen LogP contribution in [0.4, 0.5) is 0 Å². The molecule has 0 atom stereocenters. The van der Waals surface area contributed by atoms with Crippen molar-refractivity contribution in [1.29, 1.82) is 0 Å². The highest BCUT2D eigenvalue weighted by molar-refractivity contribution is 5.97. The molecule has 0 aliphatic carbocycles. The second-order valence-corrected chi connectivity index (χ2v) is 3.64. The number of phenols is 1. The summed E-state index contributed by atoms with van der Waals surface area (Å²) in [5, 5.41) is 28.9. The van der Waals surface area contributed by atoms with Gasteiger partial charge in [-0.15, -0.1) is 0 Å². The van der Waals surface area contributed by atoms with E-state index in [2.05, 4.69) is 9.72 Å². The molecule has 18 heavy (non-hydrogen) atoms. The number of benzene rings is 1. The Hall–Kier alpha value is -2.34. The van der Waals surface area contributed by atoms with Gasteiger partial charge in [-0.1, -0.05) is 6.07 Å². The minimum absolute atomic E-state index is 0.0435. The van der Waals surface area contributed by atoms with E-state index in [1.54, 1.807) is 0 Å². The van der Waals surface area contributed by atoms with Crippen LogP contribution in [0, 0.1) is 0 Å². The van der Waals surface area contributed by atoms with E-state index in [1.165, 1.54) is 19.2 Å². The van der Waals surface area contributed by atoms with Gasteiger partial charge in [0, 0.05) is 6.07 Å². The summed E-state index contributed by atoms with van der Waals surface area (Å²) < 4.78 is 4.49. The topological polar surface area (TPSA) is 99.9 Å². The van der Waals surface area contributed by atoms with E-state index in [0.717, 1.165) is 6.07 Å². The fraction of sp³-hybridized carbons (Fsp3) is 0.167. The zero-order valence-corrected chi connectivity index (χ0v) is 9.54. The fourth-order valence-electron chi connectivity index (χ4n) is 1.72. The minimum atomic E-state index is -0.721. The molecule has 1 heterocycles. The Morgan fingerprint density at radius 1 is 1.33 bits per heavy atom. The van der Waals surface area contributed by atoms with Crippen LogP contribution < -0.4 is 0 Å². The largest absolute Gasteiger partial charge is 0.507 e. The summed E-state index contributed by atoms with van der Waals surface area (Å²) in [6, 6.07) is 3.94. The van der Waals surface area contributed by atoms with Crippen molar-refractivity contribution in [1.82, 2.24) is 4.98 Å². The van der Waals surface area contributed by atoms with E-state index in [4.69, 9.17) is 5.11 Å². The quantitative estimate of drug-likeness (QED) is 0.684. The van der Waals surface area contributed by atoms with E-state index in [0.29, 0.717) is 5.56 Å². The van der Waals surface area contributed by atoms with Gasteiger partial charge >= 0.3 is 5.97 Å². The van der Waals surface area contributed by atoms with Gasteiger partial charge in [0.15, 0.2) is 5.69 Å². The van der Waals surface area contributed by atoms with Crippen LogP contribution in [0.2, 0.25) is 0 Å². The Morgan fingerprint density at radius 3 is 2.67 bits per heavy atom. The van der Waals surface area contributed by atoms with E-state index >= 15 is 0 Å². The Kier molecular flexibility index (Phi) is 3.03. The second kappa shape index (κ2) is 4.50. The highest BCUT2D eigenvalue weighted by Crippen LogP contribution is 2.33. The average Bonchev–Trinajstić information content (AvgIpc) is 2.38. The summed E-state index contributed by atoms with van der Waals surface area (Å²) in [6.07, 6.45) is 0. The standard InChI is InChI=1S/C12H11NO5/c1-18-12(17)7-4-9(16)10-6(5-14)2-3-8(15)11(10)13-7/h2-4,14-15H,5H2,1H3,(H,13,16). The first-order chi connectivity index (χ1) is 8.58. The first kappa shape index (κ1) is 12.1. The van der Waals surface area contributed by atoms with Crippen LogP contribution >= 0.6 is 0 Å². The number of methoxy groups -OCH3 is 1. The molecule has 0 spiro atoms. The number of hydrogen-bond acceptors (Lipinski definition) is 6. The number of carbonyl (C=O) groups is 1. The first-order valence-electron chi connectivity index (χ1n) is 5.12. The monoisotopic (exact) mass is 249 g/mol. The van der Waals surface area contributed by atoms with Gasteiger partial charge < -0.3 is 20.1 Å². The van der Waals surface area contributed by atoms with E-state index in [-0.39, 0.29) is 34.7 Å². The molecule has 2 aromatic rings. The number of aliphatic hydroxyl groups excluding tert-OH is 1. The molecule has 1 aromatic heterocycles. The lowest BCUT2D eigenvalue weighted by molar-refractivity contribution is 0.0594. The number of hydrogen-bond donors (Lipinski definition) is 3. The number of aromatic hydroxyl groups is 2. The number of phenolic OH excluding ortho intramolecular Hbond substituents is 1. The number of rotatable bonds is 2. The summed E-state index contributed by atoms with van der Waals surface area (Å²) in [4.78, 5) is 15.3. The van der Waals surface area contributed by atoms with Crippen molar-refractivity contribution >= 4 is 16.9 Å². The Morgan fingerprint density at radius 2 is 2.06 bits per heavy atom. The van der Waals surface area contributed by atoms with Crippen molar-refractivity contribution in [2.24, 2.45) is 0 Å². The van der Waals surface area contributed by atoms with Crippen LogP contribution in [0.15, 0.2) is 18.2 Å². The van der Waals surface area contributed by atoms with Crippen LogP contribution in [-0.4, -0.2) is 33.4 Å². The summed E-state index contributed by atoms with van der Waals surface area (Å²) in [7, 11) is 1.19. The second-order valence-electron chi connectivity index (χ2n) is 3.64. The number of aromatic nitrogens is 1. The molecule has 3 N–H and O–H groups in total. The Labute approximate surface area is 102 Å². The predicted molar refractivity (Wildman–Crippen MR) is 62.3 cm³/mol. The molecule has 6 nitrogen and oxygen atoms in total. The maximum absolute atomic E-state index is 11.3. The van der Waals surface area contributed by atoms with Gasteiger partial charge in [0.2, 0.25) is 0 Å². The summed E-state index contributed by atoms with van der Waals surface area (Å²) in [5.41, 5.74) is 0.332. The maximum Gasteiger partial charge on any atom is 0.356 e. The fourth-order valence-corrected chi connectivity index (χ4v) is 1.72. The molecular formula is C12H11NO5. The molecule has 0 unspecified atom stereocenters. The molecule has 0 radical (unpaired) electrons. The summed E-state index contributed by atoms with van der Waals surface area (Å²) >= 11 is 0. The third-order valence-electron chi connectivity index (χ3n) is 2.57. The number of esters is 1. The first-order valence-corrected chi connectivity index (χ1v) is 5.12. The van der Waals surface area contributed by atoms with Gasteiger partial charge in [0.05, 0.1) is 19.1 Å². The normalized spacial score (nSPS) is 10.6. The lowest BCUT2D eigenvalue weighted by Gasteiger charge is -2.09. The molecule has 0 fully saturated rings. The van der Waals surface area contributed by atoms with Crippen molar-refractivity contribution in [3.8, 4) is 11.5 Å². The number of nitrogens with zero attached hydrogens (tertiary/aromatic N) is 1. The van der Waals surface area contributed by atoms with Crippen LogP contribution in [0.3, 0.4) is 0 Å².